The van der Waals surface area contributed by atoms with Gasteiger partial charge in [0.15, 0.2) is 0 Å². The van der Waals surface area contributed by atoms with Crippen LogP contribution in [-0.4, -0.2) is 50.9 Å². The lowest BCUT2D eigenvalue weighted by atomic mass is 9.94. The van der Waals surface area contributed by atoms with Crippen molar-refractivity contribution in [3.05, 3.63) is 125 Å². The van der Waals surface area contributed by atoms with Crippen molar-refractivity contribution in [3.63, 3.8) is 0 Å². The first-order chi connectivity index (χ1) is 23.6. The summed E-state index contributed by atoms with van der Waals surface area (Å²) in [4.78, 5) is 30.2. The number of carbonyl (C=O) groups is 2. The van der Waals surface area contributed by atoms with Gasteiger partial charge in [-0.2, -0.15) is 0 Å². The van der Waals surface area contributed by atoms with Crippen molar-refractivity contribution in [3.8, 4) is 5.75 Å². The zero-order valence-corrected chi connectivity index (χ0v) is 29.2. The Hall–Kier alpha value is -4.41. The third kappa shape index (κ3) is 8.99. The highest BCUT2D eigenvalue weighted by molar-refractivity contribution is 7.92. The fourth-order valence-corrected chi connectivity index (χ4v) is 7.70. The van der Waals surface area contributed by atoms with Gasteiger partial charge in [0.25, 0.3) is 10.0 Å². The van der Waals surface area contributed by atoms with E-state index in [1.165, 1.54) is 42.3 Å². The minimum absolute atomic E-state index is 0.0426. The smallest absolute Gasteiger partial charge is 0.264 e. The zero-order chi connectivity index (χ0) is 35.0. The third-order valence-corrected chi connectivity index (χ3v) is 10.8. The first kappa shape index (κ1) is 35.9. The molecule has 258 valence electrons. The second-order valence-corrected chi connectivity index (χ2v) is 14.6. The molecule has 1 aliphatic rings. The van der Waals surface area contributed by atoms with E-state index in [4.69, 9.17) is 16.3 Å². The van der Waals surface area contributed by atoms with Crippen molar-refractivity contribution >= 4 is 39.1 Å². The Morgan fingerprint density at radius 2 is 1.61 bits per heavy atom. The standard InChI is InChI=1S/C38H41ClFN3O5S/c1-27-17-20-32(21-18-27)49(46,47)43(34-24-30(39)19-22-36(34)48-2)26-37(44)42(25-29-13-9-10-16-33(29)40)35(23-28-11-5-3-6-12-28)38(45)41-31-14-7-4-8-15-31/h3,5-6,9-13,16-22,24,31,35H,4,7-8,14-15,23,25-26H2,1-2H3,(H,41,45). The van der Waals surface area contributed by atoms with Gasteiger partial charge < -0.3 is 15.0 Å². The van der Waals surface area contributed by atoms with Crippen LogP contribution >= 0.6 is 11.6 Å². The summed E-state index contributed by atoms with van der Waals surface area (Å²) >= 11 is 6.37. The SMILES string of the molecule is COc1ccc(Cl)cc1N(CC(=O)N(Cc1ccccc1F)C(Cc1ccccc1)C(=O)NC1CCCCC1)S(=O)(=O)c1ccc(C)cc1. The van der Waals surface area contributed by atoms with Crippen LogP contribution in [0.15, 0.2) is 102 Å². The van der Waals surface area contributed by atoms with Gasteiger partial charge in [-0.05, 0) is 61.7 Å². The monoisotopic (exact) mass is 705 g/mol. The van der Waals surface area contributed by atoms with Gasteiger partial charge in [-0.3, -0.25) is 13.9 Å². The Morgan fingerprint density at radius 3 is 2.29 bits per heavy atom. The number of anilines is 1. The fourth-order valence-electron chi connectivity index (χ4n) is 6.12. The third-order valence-electron chi connectivity index (χ3n) is 8.82. The number of carbonyl (C=O) groups excluding carboxylic acids is 2. The molecular formula is C38H41ClFN3O5S. The van der Waals surface area contributed by atoms with Crippen LogP contribution in [0.5, 0.6) is 5.75 Å². The summed E-state index contributed by atoms with van der Waals surface area (Å²) in [6.07, 6.45) is 4.84. The summed E-state index contributed by atoms with van der Waals surface area (Å²) < 4.78 is 50.4. The van der Waals surface area contributed by atoms with Gasteiger partial charge in [0.1, 0.15) is 24.2 Å². The van der Waals surface area contributed by atoms with Gasteiger partial charge >= 0.3 is 0 Å². The van der Waals surface area contributed by atoms with E-state index in [1.807, 2.05) is 37.3 Å². The lowest BCUT2D eigenvalue weighted by Crippen LogP contribution is -2.55. The number of ether oxygens (including phenoxy) is 1. The average molecular weight is 706 g/mol. The van der Waals surface area contributed by atoms with E-state index in [0.29, 0.717) is 0 Å². The number of aryl methyl sites for hydroxylation is 1. The summed E-state index contributed by atoms with van der Waals surface area (Å²) in [5.41, 5.74) is 1.87. The maximum absolute atomic E-state index is 15.2. The van der Waals surface area contributed by atoms with Gasteiger partial charge in [-0.15, -0.1) is 0 Å². The molecule has 0 spiro atoms. The highest BCUT2D eigenvalue weighted by Gasteiger charge is 2.36. The molecule has 4 aromatic rings. The molecule has 0 radical (unpaired) electrons. The van der Waals surface area contributed by atoms with E-state index < -0.39 is 34.3 Å². The van der Waals surface area contributed by atoms with E-state index >= 15 is 4.39 Å². The molecule has 4 aromatic carbocycles. The molecule has 1 aliphatic carbocycles. The molecule has 0 bridgehead atoms. The molecule has 1 unspecified atom stereocenters. The molecule has 1 saturated carbocycles. The highest BCUT2D eigenvalue weighted by Crippen LogP contribution is 2.35. The van der Waals surface area contributed by atoms with E-state index in [9.17, 15) is 18.0 Å². The molecule has 0 aromatic heterocycles. The predicted molar refractivity (Wildman–Crippen MR) is 190 cm³/mol. The first-order valence-corrected chi connectivity index (χ1v) is 18.2. The topological polar surface area (TPSA) is 96.0 Å². The van der Waals surface area contributed by atoms with Gasteiger partial charge in [-0.1, -0.05) is 97.1 Å². The number of nitrogens with zero attached hydrogens (tertiary/aromatic N) is 2. The van der Waals surface area contributed by atoms with Crippen molar-refractivity contribution in [2.75, 3.05) is 18.0 Å². The number of nitrogens with one attached hydrogen (secondary N) is 1. The van der Waals surface area contributed by atoms with Gasteiger partial charge in [-0.25, -0.2) is 12.8 Å². The summed E-state index contributed by atoms with van der Waals surface area (Å²) in [7, 11) is -2.99. The van der Waals surface area contributed by atoms with Crippen LogP contribution < -0.4 is 14.4 Å². The number of benzene rings is 4. The molecule has 1 N–H and O–H groups in total. The van der Waals surface area contributed by atoms with Crippen LogP contribution in [0.1, 0.15) is 48.8 Å². The molecule has 2 amide bonds. The minimum Gasteiger partial charge on any atom is -0.495 e. The van der Waals surface area contributed by atoms with Crippen molar-refractivity contribution in [2.45, 2.75) is 69.0 Å². The van der Waals surface area contributed by atoms with Crippen LogP contribution in [0.25, 0.3) is 0 Å². The molecule has 8 nitrogen and oxygen atoms in total. The number of rotatable bonds is 13. The predicted octanol–water partition coefficient (Wildman–Crippen LogP) is 7.08. The lowest BCUT2D eigenvalue weighted by molar-refractivity contribution is -0.140. The van der Waals surface area contributed by atoms with Crippen LogP contribution in [0.4, 0.5) is 10.1 Å². The maximum Gasteiger partial charge on any atom is 0.264 e. The van der Waals surface area contributed by atoms with Crippen molar-refractivity contribution in [2.24, 2.45) is 0 Å². The van der Waals surface area contributed by atoms with Crippen molar-refractivity contribution in [1.82, 2.24) is 10.2 Å². The summed E-state index contributed by atoms with van der Waals surface area (Å²) in [5, 5.41) is 3.38. The van der Waals surface area contributed by atoms with Crippen molar-refractivity contribution in [1.29, 1.82) is 0 Å². The first-order valence-electron chi connectivity index (χ1n) is 16.4. The fraction of sp³-hybridized carbons (Fsp3) is 0.316. The molecule has 5 rings (SSSR count). The van der Waals surface area contributed by atoms with E-state index in [-0.39, 0.29) is 51.8 Å². The summed E-state index contributed by atoms with van der Waals surface area (Å²) in [6.45, 7) is 0.846. The average Bonchev–Trinajstić information content (AvgIpc) is 3.10. The Morgan fingerprint density at radius 1 is 0.939 bits per heavy atom. The molecule has 0 aliphatic heterocycles. The Kier molecular flexibility index (Phi) is 12.0. The van der Waals surface area contributed by atoms with Gasteiger partial charge in [0, 0.05) is 29.6 Å². The number of amides is 2. The van der Waals surface area contributed by atoms with Crippen LogP contribution in [-0.2, 0) is 32.6 Å². The highest BCUT2D eigenvalue weighted by atomic mass is 35.5. The molecule has 1 atom stereocenters. The van der Waals surface area contributed by atoms with E-state index in [2.05, 4.69) is 5.32 Å². The van der Waals surface area contributed by atoms with Crippen LogP contribution in [0.3, 0.4) is 0 Å². The van der Waals surface area contributed by atoms with Gasteiger partial charge in [0.2, 0.25) is 11.8 Å². The summed E-state index contributed by atoms with van der Waals surface area (Å²) in [6, 6.07) is 24.9. The van der Waals surface area contributed by atoms with Crippen molar-refractivity contribution < 1.29 is 27.1 Å². The number of methoxy groups -OCH3 is 1. The van der Waals surface area contributed by atoms with Crippen LogP contribution in [0.2, 0.25) is 5.02 Å². The van der Waals surface area contributed by atoms with Gasteiger partial charge in [0.05, 0.1) is 17.7 Å². The number of halogens is 2. The van der Waals surface area contributed by atoms with Crippen LogP contribution in [0, 0.1) is 12.7 Å². The second kappa shape index (κ2) is 16.3. The molecule has 0 heterocycles. The Labute approximate surface area is 292 Å². The molecule has 0 saturated heterocycles. The normalized spacial score (nSPS) is 14.1. The number of sulfonamides is 1. The molecule has 1 fully saturated rings. The Bertz CT molecular complexity index is 1850. The molecule has 49 heavy (non-hydrogen) atoms. The number of hydrogen-bond donors (Lipinski definition) is 1. The minimum atomic E-state index is -4.38. The molecule has 11 heteroatoms. The summed E-state index contributed by atoms with van der Waals surface area (Å²) in [5.74, 6) is -1.47. The van der Waals surface area contributed by atoms with E-state index in [1.54, 1.807) is 36.4 Å². The maximum atomic E-state index is 15.2. The quantitative estimate of drug-likeness (QED) is 0.160. The largest absolute Gasteiger partial charge is 0.495 e. The second-order valence-electron chi connectivity index (χ2n) is 12.3. The number of hydrogen-bond acceptors (Lipinski definition) is 5. The Balaban J connectivity index is 1.61. The molecular weight excluding hydrogens is 665 g/mol. The zero-order valence-electron chi connectivity index (χ0n) is 27.6. The lowest BCUT2D eigenvalue weighted by Gasteiger charge is -2.35. The van der Waals surface area contributed by atoms with E-state index in [0.717, 1.165) is 47.5 Å².